The van der Waals surface area contributed by atoms with E-state index >= 15 is 0 Å². The molecule has 0 aliphatic heterocycles. The summed E-state index contributed by atoms with van der Waals surface area (Å²) in [5, 5.41) is 6.01. The molecule has 4 aromatic heterocycles. The smallest absolute Gasteiger partial charge is 0.165 e. The fourth-order valence-corrected chi connectivity index (χ4v) is 3.76. The lowest BCUT2D eigenvalue weighted by Gasteiger charge is -2.17. The van der Waals surface area contributed by atoms with Gasteiger partial charge < -0.3 is 4.57 Å². The minimum atomic E-state index is 0. The number of nitrogens with zero attached hydrogens (tertiary/aromatic N) is 5. The predicted molar refractivity (Wildman–Crippen MR) is 115 cm³/mol. The highest BCUT2D eigenvalue weighted by Gasteiger charge is 2.20. The van der Waals surface area contributed by atoms with E-state index in [9.17, 15) is 0 Å². The van der Waals surface area contributed by atoms with Crippen molar-refractivity contribution in [2.75, 3.05) is 0 Å². The van der Waals surface area contributed by atoms with E-state index < -0.39 is 0 Å². The zero-order chi connectivity index (χ0) is 17.6. The molecule has 0 aromatic carbocycles. The van der Waals surface area contributed by atoms with Gasteiger partial charge in [-0.05, 0) is 38.8 Å². The SMILES string of the molecule is CCC(CC)n1ccc2c(C)nc3c(-c4cccnc4)c(C)nn3c21.Cl.Cl. The molecule has 0 aliphatic carbocycles. The molecule has 0 saturated heterocycles. The van der Waals surface area contributed by atoms with Crippen LogP contribution < -0.4 is 0 Å². The van der Waals surface area contributed by atoms with Gasteiger partial charge in [0.05, 0.1) is 17.0 Å². The summed E-state index contributed by atoms with van der Waals surface area (Å²) in [5.74, 6) is 0. The normalized spacial score (nSPS) is 11.0. The van der Waals surface area contributed by atoms with Crippen molar-refractivity contribution < 1.29 is 0 Å². The second kappa shape index (κ2) is 8.28. The molecule has 0 fully saturated rings. The number of rotatable bonds is 4. The Morgan fingerprint density at radius 2 is 1.78 bits per heavy atom. The van der Waals surface area contributed by atoms with Crippen molar-refractivity contribution in [1.29, 1.82) is 0 Å². The van der Waals surface area contributed by atoms with E-state index in [1.165, 1.54) is 5.39 Å². The second-order valence-electron chi connectivity index (χ2n) is 6.57. The third-order valence-electron chi connectivity index (χ3n) is 5.07. The maximum absolute atomic E-state index is 4.88. The van der Waals surface area contributed by atoms with Gasteiger partial charge in [0.1, 0.15) is 5.65 Å². The van der Waals surface area contributed by atoms with Crippen LogP contribution in [0, 0.1) is 13.8 Å². The fourth-order valence-electron chi connectivity index (χ4n) is 3.76. The quantitative estimate of drug-likeness (QED) is 0.445. The number of hydrogen-bond donors (Lipinski definition) is 0. The number of aromatic nitrogens is 5. The van der Waals surface area contributed by atoms with Crippen LogP contribution in [0.4, 0.5) is 0 Å². The largest absolute Gasteiger partial charge is 0.329 e. The molecule has 4 aromatic rings. The molecule has 0 unspecified atom stereocenters. The summed E-state index contributed by atoms with van der Waals surface area (Å²) in [4.78, 5) is 9.15. The molecule has 0 aliphatic rings. The average molecular weight is 406 g/mol. The van der Waals surface area contributed by atoms with Gasteiger partial charge in [0, 0.05) is 35.6 Å². The van der Waals surface area contributed by atoms with Gasteiger partial charge in [-0.15, -0.1) is 24.8 Å². The van der Waals surface area contributed by atoms with E-state index in [1.54, 1.807) is 6.20 Å². The third kappa shape index (κ3) is 3.30. The first-order valence-corrected chi connectivity index (χ1v) is 8.92. The number of pyridine rings is 1. The molecule has 27 heavy (non-hydrogen) atoms. The minimum absolute atomic E-state index is 0. The van der Waals surface area contributed by atoms with E-state index in [1.807, 2.05) is 23.7 Å². The molecule has 0 spiro atoms. The lowest BCUT2D eigenvalue weighted by atomic mass is 10.1. The Bertz CT molecular complexity index is 1050. The molecule has 144 valence electrons. The average Bonchev–Trinajstić information content (AvgIpc) is 3.19. The van der Waals surface area contributed by atoms with Crippen LogP contribution in [-0.4, -0.2) is 24.1 Å². The van der Waals surface area contributed by atoms with Gasteiger partial charge in [-0.3, -0.25) is 4.98 Å². The van der Waals surface area contributed by atoms with Gasteiger partial charge in [-0.25, -0.2) is 4.98 Å². The van der Waals surface area contributed by atoms with E-state index in [-0.39, 0.29) is 24.8 Å². The molecule has 0 bridgehead atoms. The topological polar surface area (TPSA) is 48.0 Å². The Morgan fingerprint density at radius 3 is 2.41 bits per heavy atom. The summed E-state index contributed by atoms with van der Waals surface area (Å²) in [7, 11) is 0. The zero-order valence-electron chi connectivity index (χ0n) is 16.0. The standard InChI is InChI=1S/C20H23N5.2ClH/c1-5-16(6-2)24-11-9-17-13(3)22-19-18(15-8-7-10-21-12-15)14(4)23-25(19)20(17)24;;/h7-12,16H,5-6H2,1-4H3;2*1H. The molecule has 0 amide bonds. The van der Waals surface area contributed by atoms with Gasteiger partial charge in [-0.2, -0.15) is 9.61 Å². The lowest BCUT2D eigenvalue weighted by Crippen LogP contribution is -2.09. The Labute approximate surface area is 171 Å². The zero-order valence-corrected chi connectivity index (χ0v) is 17.6. The van der Waals surface area contributed by atoms with Gasteiger partial charge in [0.2, 0.25) is 0 Å². The van der Waals surface area contributed by atoms with E-state index in [2.05, 4.69) is 48.7 Å². The van der Waals surface area contributed by atoms with Crippen molar-refractivity contribution in [2.45, 2.75) is 46.6 Å². The van der Waals surface area contributed by atoms with Crippen LogP contribution in [0.1, 0.15) is 44.1 Å². The van der Waals surface area contributed by atoms with Crippen molar-refractivity contribution in [2.24, 2.45) is 0 Å². The van der Waals surface area contributed by atoms with E-state index in [0.717, 1.165) is 46.7 Å². The fraction of sp³-hybridized carbons (Fsp3) is 0.350. The van der Waals surface area contributed by atoms with Gasteiger partial charge in [0.25, 0.3) is 0 Å². The summed E-state index contributed by atoms with van der Waals surface area (Å²) in [6, 6.07) is 6.65. The molecule has 4 heterocycles. The van der Waals surface area contributed by atoms with Gasteiger partial charge >= 0.3 is 0 Å². The summed E-state index contributed by atoms with van der Waals surface area (Å²) in [6.07, 6.45) is 8.04. The van der Waals surface area contributed by atoms with Crippen molar-refractivity contribution in [3.05, 3.63) is 48.2 Å². The lowest BCUT2D eigenvalue weighted by molar-refractivity contribution is 0.480. The number of aryl methyl sites for hydroxylation is 2. The molecule has 5 nitrogen and oxygen atoms in total. The number of fused-ring (bicyclic) bond motifs is 3. The minimum Gasteiger partial charge on any atom is -0.329 e. The Morgan fingerprint density at radius 1 is 1.04 bits per heavy atom. The Balaban J connectivity index is 0.00000131. The van der Waals surface area contributed by atoms with Crippen LogP contribution in [0.15, 0.2) is 36.8 Å². The van der Waals surface area contributed by atoms with E-state index in [0.29, 0.717) is 6.04 Å². The first kappa shape index (κ1) is 21.2. The predicted octanol–water partition coefficient (Wildman–Crippen LogP) is 5.57. The highest BCUT2D eigenvalue weighted by atomic mass is 35.5. The molecule has 0 N–H and O–H groups in total. The van der Waals surface area contributed by atoms with E-state index in [4.69, 9.17) is 10.1 Å². The van der Waals surface area contributed by atoms with Crippen LogP contribution in [0.2, 0.25) is 0 Å². The summed E-state index contributed by atoms with van der Waals surface area (Å²) in [5.41, 5.74) is 6.18. The summed E-state index contributed by atoms with van der Waals surface area (Å²) < 4.78 is 4.37. The first-order valence-electron chi connectivity index (χ1n) is 8.92. The van der Waals surface area contributed by atoms with Crippen LogP contribution in [-0.2, 0) is 0 Å². The molecule has 7 heteroatoms. The number of halogens is 2. The monoisotopic (exact) mass is 405 g/mol. The van der Waals surface area contributed by atoms with Crippen molar-refractivity contribution in [1.82, 2.24) is 24.1 Å². The first-order chi connectivity index (χ1) is 12.2. The third-order valence-corrected chi connectivity index (χ3v) is 5.07. The molecular weight excluding hydrogens is 381 g/mol. The number of hydrogen-bond acceptors (Lipinski definition) is 3. The second-order valence-corrected chi connectivity index (χ2v) is 6.57. The molecule has 0 atom stereocenters. The van der Waals surface area contributed by atoms with Crippen LogP contribution >= 0.6 is 24.8 Å². The highest BCUT2D eigenvalue weighted by molar-refractivity contribution is 5.87. The van der Waals surface area contributed by atoms with Crippen LogP contribution in [0.25, 0.3) is 27.8 Å². The summed E-state index contributed by atoms with van der Waals surface area (Å²) in [6.45, 7) is 8.60. The molecule has 4 rings (SSSR count). The molecular formula is C20H25Cl2N5. The van der Waals surface area contributed by atoms with Crippen LogP contribution in [0.3, 0.4) is 0 Å². The van der Waals surface area contributed by atoms with Crippen LogP contribution in [0.5, 0.6) is 0 Å². The van der Waals surface area contributed by atoms with Crippen molar-refractivity contribution >= 4 is 41.5 Å². The maximum Gasteiger partial charge on any atom is 0.165 e. The highest BCUT2D eigenvalue weighted by Crippen LogP contribution is 2.32. The van der Waals surface area contributed by atoms with Gasteiger partial charge in [-0.1, -0.05) is 19.9 Å². The summed E-state index contributed by atoms with van der Waals surface area (Å²) >= 11 is 0. The van der Waals surface area contributed by atoms with Crippen molar-refractivity contribution in [3.8, 4) is 11.1 Å². The van der Waals surface area contributed by atoms with Crippen molar-refractivity contribution in [3.63, 3.8) is 0 Å². The maximum atomic E-state index is 4.88. The Hall–Kier alpha value is -2.11. The molecule has 0 saturated carbocycles. The van der Waals surface area contributed by atoms with Gasteiger partial charge in [0.15, 0.2) is 5.65 Å². The Kier molecular flexibility index (Phi) is 6.50. The molecule has 0 radical (unpaired) electrons.